The zero-order valence-corrected chi connectivity index (χ0v) is 22.3. The summed E-state index contributed by atoms with van der Waals surface area (Å²) in [6.45, 7) is 10.2. The van der Waals surface area contributed by atoms with Crippen molar-refractivity contribution in [1.82, 2.24) is 0 Å². The number of benzene rings is 2. The molecule has 0 heterocycles. The summed E-state index contributed by atoms with van der Waals surface area (Å²) in [5.41, 5.74) is 6.63. The molecule has 1 heteroatoms. The van der Waals surface area contributed by atoms with Crippen molar-refractivity contribution < 1.29 is 4.74 Å². The van der Waals surface area contributed by atoms with E-state index >= 15 is 0 Å². The highest BCUT2D eigenvalue weighted by Gasteiger charge is 2.55. The molecule has 2 aromatic rings. The van der Waals surface area contributed by atoms with Gasteiger partial charge in [0.25, 0.3) is 0 Å². The first-order valence-corrected chi connectivity index (χ1v) is 14.4. The predicted octanol–water partition coefficient (Wildman–Crippen LogP) is 9.13. The van der Waals surface area contributed by atoms with Crippen molar-refractivity contribution in [3.63, 3.8) is 0 Å². The maximum atomic E-state index is 6.44. The fourth-order valence-corrected chi connectivity index (χ4v) is 7.17. The molecule has 0 amide bonds. The molecule has 0 radical (unpaired) electrons. The minimum atomic E-state index is 0.416. The third-order valence-electron chi connectivity index (χ3n) is 9.27. The van der Waals surface area contributed by atoms with E-state index in [2.05, 4.69) is 76.2 Å². The second-order valence-corrected chi connectivity index (χ2v) is 11.4. The van der Waals surface area contributed by atoms with Gasteiger partial charge in [-0.05, 0) is 96.8 Å². The van der Waals surface area contributed by atoms with E-state index in [1.165, 1.54) is 75.3 Å². The zero-order chi connectivity index (χ0) is 24.0. The summed E-state index contributed by atoms with van der Waals surface area (Å²) < 4.78 is 6.44. The van der Waals surface area contributed by atoms with Crippen LogP contribution in [0.1, 0.15) is 114 Å². The van der Waals surface area contributed by atoms with Crippen molar-refractivity contribution >= 4 is 0 Å². The van der Waals surface area contributed by atoms with Crippen LogP contribution in [-0.4, -0.2) is 12.7 Å². The summed E-state index contributed by atoms with van der Waals surface area (Å²) in [7, 11) is 0. The maximum absolute atomic E-state index is 6.44. The van der Waals surface area contributed by atoms with Crippen LogP contribution in [0.15, 0.2) is 48.5 Å². The van der Waals surface area contributed by atoms with Gasteiger partial charge in [-0.2, -0.15) is 0 Å². The summed E-state index contributed by atoms with van der Waals surface area (Å²) >= 11 is 0. The molecule has 0 spiro atoms. The van der Waals surface area contributed by atoms with E-state index in [0.29, 0.717) is 11.5 Å². The standard InChI is InChI=1S/C29H38O.C4H10/c1-3-4-18-30-28-15-14-27-26-13-11-23-20-22(19-21-8-6-5-7-9-21)10-12-24(23)25(26)16-17-29(27,28)2;1-3-4-2/h5-10,12,20,25-28H,3-4,11,13-19H2,1-2H3;3-4H2,1-2H3. The lowest BCUT2D eigenvalue weighted by Crippen LogP contribution is -2.44. The van der Waals surface area contributed by atoms with E-state index in [9.17, 15) is 0 Å². The van der Waals surface area contributed by atoms with Crippen molar-refractivity contribution in [2.45, 2.75) is 110 Å². The van der Waals surface area contributed by atoms with Crippen molar-refractivity contribution in [3.05, 3.63) is 70.8 Å². The fourth-order valence-electron chi connectivity index (χ4n) is 7.17. The van der Waals surface area contributed by atoms with Crippen LogP contribution in [0.3, 0.4) is 0 Å². The van der Waals surface area contributed by atoms with E-state index in [4.69, 9.17) is 4.74 Å². The van der Waals surface area contributed by atoms with E-state index in [1.54, 1.807) is 11.1 Å². The van der Waals surface area contributed by atoms with E-state index in [0.717, 1.165) is 30.8 Å². The van der Waals surface area contributed by atoms with Crippen molar-refractivity contribution in [1.29, 1.82) is 0 Å². The van der Waals surface area contributed by atoms with Crippen LogP contribution in [0.2, 0.25) is 0 Å². The number of ether oxygens (including phenoxy) is 1. The fraction of sp³-hybridized carbons (Fsp3) is 0.636. The lowest BCUT2D eigenvalue weighted by atomic mass is 9.55. The molecule has 34 heavy (non-hydrogen) atoms. The minimum Gasteiger partial charge on any atom is -0.378 e. The monoisotopic (exact) mass is 460 g/mol. The molecule has 2 fully saturated rings. The minimum absolute atomic E-state index is 0.416. The van der Waals surface area contributed by atoms with Gasteiger partial charge >= 0.3 is 0 Å². The highest BCUT2D eigenvalue weighted by atomic mass is 16.5. The molecular weight excluding hydrogens is 412 g/mol. The third kappa shape index (κ3) is 5.46. The van der Waals surface area contributed by atoms with Crippen LogP contribution in [0, 0.1) is 17.3 Å². The van der Waals surface area contributed by atoms with Gasteiger partial charge in [0, 0.05) is 6.61 Å². The summed E-state index contributed by atoms with van der Waals surface area (Å²) in [5, 5.41) is 0. The summed E-state index contributed by atoms with van der Waals surface area (Å²) in [6.07, 6.45) is 14.7. The number of fused-ring (bicyclic) bond motifs is 5. The number of hydrogen-bond acceptors (Lipinski definition) is 1. The molecule has 5 unspecified atom stereocenters. The Labute approximate surface area is 209 Å². The average molecular weight is 461 g/mol. The van der Waals surface area contributed by atoms with Gasteiger partial charge in [0.2, 0.25) is 0 Å². The molecule has 186 valence electrons. The van der Waals surface area contributed by atoms with Gasteiger partial charge in [0.15, 0.2) is 0 Å². The second-order valence-electron chi connectivity index (χ2n) is 11.4. The molecule has 0 aliphatic heterocycles. The van der Waals surface area contributed by atoms with Crippen LogP contribution in [0.5, 0.6) is 0 Å². The van der Waals surface area contributed by atoms with Gasteiger partial charge in [0.05, 0.1) is 6.10 Å². The smallest absolute Gasteiger partial charge is 0.0631 e. The summed E-state index contributed by atoms with van der Waals surface area (Å²) in [4.78, 5) is 0. The van der Waals surface area contributed by atoms with Gasteiger partial charge in [-0.3, -0.25) is 0 Å². The summed E-state index contributed by atoms with van der Waals surface area (Å²) in [5.74, 6) is 2.52. The average Bonchev–Trinajstić information content (AvgIpc) is 3.21. The SMILES string of the molecule is CCCC.CCCCOC1CCC2C3CCc4cc(Cc5ccccc5)ccc4C3CCC12C. The van der Waals surface area contributed by atoms with Crippen molar-refractivity contribution in [2.75, 3.05) is 6.61 Å². The highest BCUT2D eigenvalue weighted by Crippen LogP contribution is 2.61. The van der Waals surface area contributed by atoms with Crippen LogP contribution >= 0.6 is 0 Å². The maximum Gasteiger partial charge on any atom is 0.0631 e. The number of rotatable bonds is 7. The Balaban J connectivity index is 0.000000636. The molecule has 5 rings (SSSR count). The molecule has 2 aromatic carbocycles. The molecule has 2 saturated carbocycles. The van der Waals surface area contributed by atoms with Gasteiger partial charge in [-0.25, -0.2) is 0 Å². The number of hydrogen-bond donors (Lipinski definition) is 0. The topological polar surface area (TPSA) is 9.23 Å². The number of unbranched alkanes of at least 4 members (excludes halogenated alkanes) is 2. The van der Waals surface area contributed by atoms with Gasteiger partial charge in [0.1, 0.15) is 0 Å². The Morgan fingerprint density at radius 3 is 2.38 bits per heavy atom. The lowest BCUT2D eigenvalue weighted by Gasteiger charge is -2.50. The molecule has 3 aliphatic rings. The molecule has 0 N–H and O–H groups in total. The Morgan fingerprint density at radius 1 is 0.853 bits per heavy atom. The largest absolute Gasteiger partial charge is 0.378 e. The van der Waals surface area contributed by atoms with Gasteiger partial charge < -0.3 is 4.74 Å². The first-order valence-electron chi connectivity index (χ1n) is 14.4. The molecular formula is C33H48O. The molecule has 0 aromatic heterocycles. The quantitative estimate of drug-likeness (QED) is 0.374. The third-order valence-corrected chi connectivity index (χ3v) is 9.27. The highest BCUT2D eigenvalue weighted by molar-refractivity contribution is 5.40. The van der Waals surface area contributed by atoms with Gasteiger partial charge in [-0.1, -0.05) is 95.5 Å². The predicted molar refractivity (Wildman–Crippen MR) is 146 cm³/mol. The van der Waals surface area contributed by atoms with E-state index in [1.807, 2.05) is 0 Å². The lowest BCUT2D eigenvalue weighted by molar-refractivity contribution is -0.0644. The normalized spacial score (nSPS) is 29.4. The molecule has 5 atom stereocenters. The first kappa shape index (κ1) is 25.5. The first-order chi connectivity index (χ1) is 16.6. The summed E-state index contributed by atoms with van der Waals surface area (Å²) in [6, 6.07) is 18.3. The van der Waals surface area contributed by atoms with Gasteiger partial charge in [-0.15, -0.1) is 0 Å². The van der Waals surface area contributed by atoms with Crippen molar-refractivity contribution in [2.24, 2.45) is 17.3 Å². The van der Waals surface area contributed by atoms with Crippen LogP contribution in [0.25, 0.3) is 0 Å². The Kier molecular flexibility index (Phi) is 8.92. The number of aryl methyl sites for hydroxylation is 1. The molecule has 1 nitrogen and oxygen atoms in total. The Hall–Kier alpha value is -1.60. The van der Waals surface area contributed by atoms with Crippen LogP contribution < -0.4 is 0 Å². The van der Waals surface area contributed by atoms with Crippen LogP contribution in [-0.2, 0) is 17.6 Å². The zero-order valence-electron chi connectivity index (χ0n) is 22.3. The van der Waals surface area contributed by atoms with Crippen molar-refractivity contribution in [3.8, 4) is 0 Å². The molecule has 0 bridgehead atoms. The Morgan fingerprint density at radius 2 is 1.65 bits per heavy atom. The second kappa shape index (κ2) is 11.9. The molecule has 3 aliphatic carbocycles. The molecule has 0 saturated heterocycles. The Bertz CT molecular complexity index is 885. The van der Waals surface area contributed by atoms with E-state index < -0.39 is 0 Å². The van der Waals surface area contributed by atoms with Crippen LogP contribution in [0.4, 0.5) is 0 Å². The van der Waals surface area contributed by atoms with E-state index in [-0.39, 0.29) is 0 Å².